The molecule has 1 aliphatic rings. The van der Waals surface area contributed by atoms with Crippen LogP contribution in [0.4, 0.5) is 0 Å². The number of fused-ring (bicyclic) bond motifs is 1. The van der Waals surface area contributed by atoms with Gasteiger partial charge in [-0.3, -0.25) is 9.69 Å². The fourth-order valence-electron chi connectivity index (χ4n) is 3.68. The summed E-state index contributed by atoms with van der Waals surface area (Å²) in [6.07, 6.45) is 1.28. The molecule has 1 fully saturated rings. The second-order valence-electron chi connectivity index (χ2n) is 6.59. The standard InChI is InChI=1S/C19H23NO/c1-14-10-15(2)12-20(11-14)13-19(21)18-9-5-7-16-6-3-4-8-17(16)18/h3-9,14-15H,10-13H2,1-2H3. The van der Waals surface area contributed by atoms with Crippen molar-refractivity contribution in [3.05, 3.63) is 48.0 Å². The van der Waals surface area contributed by atoms with Crippen molar-refractivity contribution in [3.8, 4) is 0 Å². The molecule has 21 heavy (non-hydrogen) atoms. The van der Waals surface area contributed by atoms with Crippen LogP contribution >= 0.6 is 0 Å². The predicted molar refractivity (Wildman–Crippen MR) is 87.7 cm³/mol. The second-order valence-corrected chi connectivity index (χ2v) is 6.59. The Labute approximate surface area is 126 Å². The third kappa shape index (κ3) is 3.16. The summed E-state index contributed by atoms with van der Waals surface area (Å²) in [6.45, 7) is 7.19. The number of ketones is 1. The lowest BCUT2D eigenvalue weighted by Crippen LogP contribution is -2.41. The van der Waals surface area contributed by atoms with Crippen molar-refractivity contribution in [2.24, 2.45) is 11.8 Å². The predicted octanol–water partition coefficient (Wildman–Crippen LogP) is 4.00. The van der Waals surface area contributed by atoms with Gasteiger partial charge in [0.15, 0.2) is 5.78 Å². The Hall–Kier alpha value is -1.67. The molecule has 1 aliphatic heterocycles. The van der Waals surface area contributed by atoms with Gasteiger partial charge < -0.3 is 0 Å². The molecule has 2 aromatic rings. The quantitative estimate of drug-likeness (QED) is 0.793. The van der Waals surface area contributed by atoms with Gasteiger partial charge in [0.25, 0.3) is 0 Å². The van der Waals surface area contributed by atoms with Crippen molar-refractivity contribution < 1.29 is 4.79 Å². The minimum absolute atomic E-state index is 0.244. The first-order valence-corrected chi connectivity index (χ1v) is 7.87. The van der Waals surface area contributed by atoms with Gasteiger partial charge >= 0.3 is 0 Å². The Morgan fingerprint density at radius 3 is 2.48 bits per heavy atom. The van der Waals surface area contributed by atoms with Gasteiger partial charge in [-0.2, -0.15) is 0 Å². The number of likely N-dealkylation sites (tertiary alicyclic amines) is 1. The highest BCUT2D eigenvalue weighted by Crippen LogP contribution is 2.23. The van der Waals surface area contributed by atoms with Gasteiger partial charge in [-0.25, -0.2) is 0 Å². The van der Waals surface area contributed by atoms with Crippen molar-refractivity contribution in [2.75, 3.05) is 19.6 Å². The molecular formula is C19H23NO. The van der Waals surface area contributed by atoms with Gasteiger partial charge in [-0.1, -0.05) is 56.3 Å². The SMILES string of the molecule is CC1CC(C)CN(CC(=O)c2cccc3ccccc23)C1. The molecule has 1 heterocycles. The van der Waals surface area contributed by atoms with E-state index in [4.69, 9.17) is 0 Å². The third-order valence-electron chi connectivity index (χ3n) is 4.40. The van der Waals surface area contributed by atoms with Gasteiger partial charge in [-0.05, 0) is 29.0 Å². The summed E-state index contributed by atoms with van der Waals surface area (Å²) >= 11 is 0. The van der Waals surface area contributed by atoms with Gasteiger partial charge in [0.2, 0.25) is 0 Å². The molecule has 2 nitrogen and oxygen atoms in total. The zero-order valence-electron chi connectivity index (χ0n) is 12.9. The topological polar surface area (TPSA) is 20.3 Å². The lowest BCUT2D eigenvalue weighted by molar-refractivity contribution is 0.0851. The van der Waals surface area contributed by atoms with E-state index in [1.165, 1.54) is 6.42 Å². The van der Waals surface area contributed by atoms with Gasteiger partial charge in [0.05, 0.1) is 6.54 Å². The zero-order valence-corrected chi connectivity index (χ0v) is 12.9. The highest BCUT2D eigenvalue weighted by Gasteiger charge is 2.24. The normalized spacial score (nSPS) is 23.3. The van der Waals surface area contributed by atoms with E-state index in [2.05, 4.69) is 30.9 Å². The minimum Gasteiger partial charge on any atom is -0.295 e. The molecule has 0 aromatic heterocycles. The van der Waals surface area contributed by atoms with Crippen LogP contribution in [0.2, 0.25) is 0 Å². The summed E-state index contributed by atoms with van der Waals surface area (Å²) < 4.78 is 0. The molecule has 2 unspecified atom stereocenters. The molecule has 0 spiro atoms. The van der Waals surface area contributed by atoms with Crippen LogP contribution in [0.5, 0.6) is 0 Å². The van der Waals surface area contributed by atoms with Crippen LogP contribution in [0.15, 0.2) is 42.5 Å². The first-order chi connectivity index (χ1) is 10.1. The summed E-state index contributed by atoms with van der Waals surface area (Å²) in [5, 5.41) is 2.21. The third-order valence-corrected chi connectivity index (χ3v) is 4.40. The fraction of sp³-hybridized carbons (Fsp3) is 0.421. The first kappa shape index (κ1) is 14.3. The molecule has 0 amide bonds. The number of rotatable bonds is 3. The fourth-order valence-corrected chi connectivity index (χ4v) is 3.68. The van der Waals surface area contributed by atoms with E-state index >= 15 is 0 Å². The molecule has 0 bridgehead atoms. The maximum atomic E-state index is 12.7. The smallest absolute Gasteiger partial charge is 0.177 e. The number of hydrogen-bond acceptors (Lipinski definition) is 2. The van der Waals surface area contributed by atoms with Crippen LogP contribution in [-0.4, -0.2) is 30.3 Å². The van der Waals surface area contributed by atoms with Crippen LogP contribution in [0.1, 0.15) is 30.6 Å². The Bertz CT molecular complexity index is 634. The van der Waals surface area contributed by atoms with Crippen LogP contribution in [0.3, 0.4) is 0 Å². The van der Waals surface area contributed by atoms with Gasteiger partial charge in [0, 0.05) is 18.7 Å². The van der Waals surface area contributed by atoms with E-state index < -0.39 is 0 Å². The molecule has 2 aromatic carbocycles. The van der Waals surface area contributed by atoms with E-state index in [0.717, 1.165) is 29.4 Å². The van der Waals surface area contributed by atoms with Crippen LogP contribution in [0.25, 0.3) is 10.8 Å². The Morgan fingerprint density at radius 2 is 1.71 bits per heavy atom. The van der Waals surface area contributed by atoms with Gasteiger partial charge in [0.1, 0.15) is 0 Å². The van der Waals surface area contributed by atoms with Crippen LogP contribution < -0.4 is 0 Å². The lowest BCUT2D eigenvalue weighted by atomic mass is 9.91. The molecule has 110 valence electrons. The minimum atomic E-state index is 0.244. The average Bonchev–Trinajstić information content (AvgIpc) is 2.45. The number of hydrogen-bond donors (Lipinski definition) is 0. The number of benzene rings is 2. The molecule has 0 aliphatic carbocycles. The molecular weight excluding hydrogens is 258 g/mol. The number of carbonyl (C=O) groups excluding carboxylic acids is 1. The summed E-state index contributed by atoms with van der Waals surface area (Å²) in [7, 11) is 0. The highest BCUT2D eigenvalue weighted by atomic mass is 16.1. The monoisotopic (exact) mass is 281 g/mol. The van der Waals surface area contributed by atoms with Gasteiger partial charge in [-0.15, -0.1) is 0 Å². The van der Waals surface area contributed by atoms with Crippen molar-refractivity contribution in [1.29, 1.82) is 0 Å². The summed E-state index contributed by atoms with van der Waals surface area (Å²) in [5.41, 5.74) is 0.860. The van der Waals surface area contributed by atoms with Crippen LogP contribution in [0, 0.1) is 11.8 Å². The van der Waals surface area contributed by atoms with E-state index in [1.54, 1.807) is 0 Å². The zero-order chi connectivity index (χ0) is 14.8. The molecule has 0 radical (unpaired) electrons. The number of Topliss-reactive ketones (excluding diaryl/α,β-unsaturated/α-hetero) is 1. The first-order valence-electron chi connectivity index (χ1n) is 7.87. The second kappa shape index (κ2) is 5.98. The number of piperidine rings is 1. The largest absolute Gasteiger partial charge is 0.295 e. The molecule has 1 saturated heterocycles. The van der Waals surface area contributed by atoms with E-state index in [9.17, 15) is 4.79 Å². The summed E-state index contributed by atoms with van der Waals surface area (Å²) in [6, 6.07) is 14.1. The van der Waals surface area contributed by atoms with E-state index in [-0.39, 0.29) is 5.78 Å². The molecule has 0 saturated carbocycles. The Balaban J connectivity index is 1.81. The molecule has 3 rings (SSSR count). The van der Waals surface area contributed by atoms with Crippen LogP contribution in [-0.2, 0) is 0 Å². The Morgan fingerprint density at radius 1 is 1.05 bits per heavy atom. The number of carbonyl (C=O) groups is 1. The summed E-state index contributed by atoms with van der Waals surface area (Å²) in [4.78, 5) is 15.0. The highest BCUT2D eigenvalue weighted by molar-refractivity contribution is 6.09. The Kier molecular flexibility index (Phi) is 4.07. The van der Waals surface area contributed by atoms with Crippen molar-refractivity contribution in [1.82, 2.24) is 4.90 Å². The maximum absolute atomic E-state index is 12.7. The van der Waals surface area contributed by atoms with E-state index in [1.807, 2.05) is 30.3 Å². The van der Waals surface area contributed by atoms with Crippen molar-refractivity contribution in [2.45, 2.75) is 20.3 Å². The molecule has 2 atom stereocenters. The van der Waals surface area contributed by atoms with E-state index in [0.29, 0.717) is 18.4 Å². The summed E-state index contributed by atoms with van der Waals surface area (Å²) in [5.74, 6) is 1.62. The average molecular weight is 281 g/mol. The maximum Gasteiger partial charge on any atom is 0.177 e. The lowest BCUT2D eigenvalue weighted by Gasteiger charge is -2.34. The molecule has 2 heteroatoms. The number of nitrogens with zero attached hydrogens (tertiary/aromatic N) is 1. The van der Waals surface area contributed by atoms with Crippen molar-refractivity contribution in [3.63, 3.8) is 0 Å². The van der Waals surface area contributed by atoms with Crippen molar-refractivity contribution >= 4 is 16.6 Å². The molecule has 0 N–H and O–H groups in total.